The van der Waals surface area contributed by atoms with E-state index >= 15 is 0 Å². The third kappa shape index (κ3) is 2.53. The first-order valence-corrected chi connectivity index (χ1v) is 6.92. The molecule has 5 heteroatoms. The van der Waals surface area contributed by atoms with Gasteiger partial charge in [-0.25, -0.2) is 4.39 Å². The monoisotopic (exact) mass is 276 g/mol. The summed E-state index contributed by atoms with van der Waals surface area (Å²) in [6.45, 7) is 0.545. The van der Waals surface area contributed by atoms with Crippen LogP contribution in [-0.2, 0) is 15.0 Å². The maximum absolute atomic E-state index is 12.9. The molecular weight excluding hydrogens is 259 g/mol. The van der Waals surface area contributed by atoms with Crippen LogP contribution < -0.4 is 10.6 Å². The first-order valence-electron chi connectivity index (χ1n) is 6.92. The predicted molar refractivity (Wildman–Crippen MR) is 71.5 cm³/mol. The van der Waals surface area contributed by atoms with Crippen molar-refractivity contribution in [1.82, 2.24) is 10.6 Å². The Kier molecular flexibility index (Phi) is 3.20. The summed E-state index contributed by atoms with van der Waals surface area (Å²) in [6, 6.07) is 6.08. The minimum Gasteiger partial charge on any atom is -0.353 e. The van der Waals surface area contributed by atoms with E-state index in [4.69, 9.17) is 0 Å². The molecule has 2 amide bonds. The minimum atomic E-state index is -0.397. The molecule has 1 aliphatic carbocycles. The van der Waals surface area contributed by atoms with Crippen LogP contribution in [0.3, 0.4) is 0 Å². The highest BCUT2D eigenvalue weighted by Gasteiger charge is 2.44. The average Bonchev–Trinajstić information content (AvgIpc) is 3.11. The highest BCUT2D eigenvalue weighted by Crippen LogP contribution is 2.47. The second kappa shape index (κ2) is 4.89. The highest BCUT2D eigenvalue weighted by atomic mass is 19.1. The third-order valence-corrected chi connectivity index (χ3v) is 4.22. The molecule has 1 saturated carbocycles. The van der Waals surface area contributed by atoms with Gasteiger partial charge in [-0.2, -0.15) is 0 Å². The van der Waals surface area contributed by atoms with Gasteiger partial charge in [-0.05, 0) is 37.0 Å². The number of nitrogens with one attached hydrogen (secondary N) is 2. The molecule has 1 aromatic rings. The van der Waals surface area contributed by atoms with Crippen molar-refractivity contribution in [2.75, 3.05) is 6.54 Å². The lowest BCUT2D eigenvalue weighted by atomic mass is 9.96. The van der Waals surface area contributed by atoms with Crippen LogP contribution in [0, 0.1) is 5.82 Å². The Morgan fingerprint density at radius 3 is 2.60 bits per heavy atom. The zero-order valence-corrected chi connectivity index (χ0v) is 11.1. The van der Waals surface area contributed by atoms with Crippen LogP contribution in [-0.4, -0.2) is 24.4 Å². The van der Waals surface area contributed by atoms with Crippen molar-refractivity contribution in [3.05, 3.63) is 35.6 Å². The van der Waals surface area contributed by atoms with Crippen molar-refractivity contribution in [2.24, 2.45) is 0 Å². The number of carbonyl (C=O) groups excluding carboxylic acids is 2. The Bertz CT molecular complexity index is 537. The number of rotatable bonds is 4. The van der Waals surface area contributed by atoms with Crippen molar-refractivity contribution in [3.63, 3.8) is 0 Å². The molecule has 1 heterocycles. The SMILES string of the molecule is O=C1CCC(C(=O)NCC2(c3ccc(F)cc3)CC2)N1. The molecule has 0 radical (unpaired) electrons. The molecule has 1 aromatic carbocycles. The molecule has 0 bridgehead atoms. The van der Waals surface area contributed by atoms with E-state index in [1.165, 1.54) is 12.1 Å². The van der Waals surface area contributed by atoms with Gasteiger partial charge in [0.15, 0.2) is 0 Å². The Balaban J connectivity index is 1.59. The molecule has 0 spiro atoms. The third-order valence-electron chi connectivity index (χ3n) is 4.22. The van der Waals surface area contributed by atoms with Gasteiger partial charge in [0.25, 0.3) is 0 Å². The smallest absolute Gasteiger partial charge is 0.242 e. The van der Waals surface area contributed by atoms with E-state index in [0.717, 1.165) is 18.4 Å². The quantitative estimate of drug-likeness (QED) is 0.869. The summed E-state index contributed by atoms with van der Waals surface area (Å²) < 4.78 is 12.9. The fraction of sp³-hybridized carbons (Fsp3) is 0.467. The zero-order valence-electron chi connectivity index (χ0n) is 11.1. The largest absolute Gasteiger partial charge is 0.353 e. The van der Waals surface area contributed by atoms with E-state index in [2.05, 4.69) is 10.6 Å². The van der Waals surface area contributed by atoms with Crippen molar-refractivity contribution < 1.29 is 14.0 Å². The standard InChI is InChI=1S/C15H17FN2O2/c16-11-3-1-10(2-4-11)15(7-8-15)9-17-14(20)12-5-6-13(19)18-12/h1-4,12H,5-9H2,(H,17,20)(H,18,19). The van der Waals surface area contributed by atoms with E-state index in [9.17, 15) is 14.0 Å². The molecule has 2 fully saturated rings. The molecular formula is C15H17FN2O2. The first kappa shape index (κ1) is 13.1. The van der Waals surface area contributed by atoms with Gasteiger partial charge in [-0.15, -0.1) is 0 Å². The summed E-state index contributed by atoms with van der Waals surface area (Å²) in [5, 5.41) is 5.57. The lowest BCUT2D eigenvalue weighted by molar-refractivity contribution is -0.125. The Hall–Kier alpha value is -1.91. The summed E-state index contributed by atoms with van der Waals surface area (Å²) in [7, 11) is 0. The highest BCUT2D eigenvalue weighted by molar-refractivity contribution is 5.90. The minimum absolute atomic E-state index is 0.0496. The molecule has 2 N–H and O–H groups in total. The lowest BCUT2D eigenvalue weighted by Gasteiger charge is -2.18. The van der Waals surface area contributed by atoms with Gasteiger partial charge in [-0.3, -0.25) is 9.59 Å². The zero-order chi connectivity index (χ0) is 14.2. The van der Waals surface area contributed by atoms with Crippen molar-refractivity contribution >= 4 is 11.8 Å². The molecule has 4 nitrogen and oxygen atoms in total. The second-order valence-corrected chi connectivity index (χ2v) is 5.66. The summed E-state index contributed by atoms with van der Waals surface area (Å²) in [4.78, 5) is 23.1. The van der Waals surface area contributed by atoms with Crippen molar-refractivity contribution in [1.29, 1.82) is 0 Å². The van der Waals surface area contributed by atoms with E-state index in [1.54, 1.807) is 12.1 Å². The molecule has 1 atom stereocenters. The Morgan fingerprint density at radius 1 is 1.35 bits per heavy atom. The number of halogens is 1. The van der Waals surface area contributed by atoms with Gasteiger partial charge in [0.1, 0.15) is 11.9 Å². The van der Waals surface area contributed by atoms with E-state index in [1.807, 2.05) is 0 Å². The van der Waals surface area contributed by atoms with Crippen molar-refractivity contribution in [2.45, 2.75) is 37.1 Å². The van der Waals surface area contributed by atoms with E-state index in [-0.39, 0.29) is 23.0 Å². The molecule has 3 rings (SSSR count). The van der Waals surface area contributed by atoms with Crippen molar-refractivity contribution in [3.8, 4) is 0 Å². The molecule has 1 unspecified atom stereocenters. The van der Waals surface area contributed by atoms with Gasteiger partial charge < -0.3 is 10.6 Å². The molecule has 20 heavy (non-hydrogen) atoms. The number of amides is 2. The van der Waals surface area contributed by atoms with E-state index < -0.39 is 6.04 Å². The summed E-state index contributed by atoms with van der Waals surface area (Å²) in [5.41, 5.74) is 1.01. The van der Waals surface area contributed by atoms with Crippen LogP contribution in [0.25, 0.3) is 0 Å². The predicted octanol–water partition coefficient (Wildman–Crippen LogP) is 1.25. The van der Waals surface area contributed by atoms with Gasteiger partial charge >= 0.3 is 0 Å². The maximum Gasteiger partial charge on any atom is 0.242 e. The molecule has 1 aliphatic heterocycles. The molecule has 1 saturated heterocycles. The number of hydrogen-bond donors (Lipinski definition) is 2. The summed E-state index contributed by atoms with van der Waals surface area (Å²) in [5.74, 6) is -0.434. The fourth-order valence-corrected chi connectivity index (χ4v) is 2.71. The Labute approximate surface area is 116 Å². The van der Waals surface area contributed by atoms with Crippen LogP contribution in [0.5, 0.6) is 0 Å². The van der Waals surface area contributed by atoms with Crippen LogP contribution in [0.15, 0.2) is 24.3 Å². The summed E-state index contributed by atoms with van der Waals surface area (Å²) >= 11 is 0. The van der Waals surface area contributed by atoms with Crippen LogP contribution >= 0.6 is 0 Å². The average molecular weight is 276 g/mol. The van der Waals surface area contributed by atoms with Crippen LogP contribution in [0.1, 0.15) is 31.2 Å². The fourth-order valence-electron chi connectivity index (χ4n) is 2.71. The molecule has 2 aliphatic rings. The second-order valence-electron chi connectivity index (χ2n) is 5.66. The number of benzene rings is 1. The van der Waals surface area contributed by atoms with Gasteiger partial charge in [0.2, 0.25) is 11.8 Å². The van der Waals surface area contributed by atoms with E-state index in [0.29, 0.717) is 19.4 Å². The topological polar surface area (TPSA) is 58.2 Å². The van der Waals surface area contributed by atoms with Crippen LogP contribution in [0.2, 0.25) is 0 Å². The van der Waals surface area contributed by atoms with Gasteiger partial charge in [0, 0.05) is 18.4 Å². The number of carbonyl (C=O) groups is 2. The maximum atomic E-state index is 12.9. The van der Waals surface area contributed by atoms with Gasteiger partial charge in [-0.1, -0.05) is 12.1 Å². The number of hydrogen-bond acceptors (Lipinski definition) is 2. The molecule has 106 valence electrons. The lowest BCUT2D eigenvalue weighted by Crippen LogP contribution is -2.44. The summed E-state index contributed by atoms with van der Waals surface area (Å²) in [6.07, 6.45) is 2.97. The molecule has 0 aromatic heterocycles. The first-order chi connectivity index (χ1) is 9.59. The normalized spacial score (nSPS) is 23.2. The van der Waals surface area contributed by atoms with Gasteiger partial charge in [0.05, 0.1) is 0 Å². The Morgan fingerprint density at radius 2 is 2.05 bits per heavy atom. The van der Waals surface area contributed by atoms with Crippen LogP contribution in [0.4, 0.5) is 4.39 Å².